The van der Waals surface area contributed by atoms with E-state index >= 15 is 0 Å². The van der Waals surface area contributed by atoms with Crippen molar-refractivity contribution < 1.29 is 8.61 Å². The van der Waals surface area contributed by atoms with Crippen LogP contribution in [0, 0.1) is 0 Å². The van der Waals surface area contributed by atoms with Gasteiger partial charge in [0.05, 0.1) is 19.6 Å². The summed E-state index contributed by atoms with van der Waals surface area (Å²) in [4.78, 5) is 2.12. The highest BCUT2D eigenvalue weighted by molar-refractivity contribution is 6.38. The summed E-state index contributed by atoms with van der Waals surface area (Å²) in [6.45, 7) is 6.48. The van der Waals surface area contributed by atoms with Gasteiger partial charge in [0.2, 0.25) is 0 Å². The summed E-state index contributed by atoms with van der Waals surface area (Å²) in [5.41, 5.74) is 3.60. The van der Waals surface area contributed by atoms with Gasteiger partial charge in [-0.3, -0.25) is 0 Å². The van der Waals surface area contributed by atoms with Crippen LogP contribution in [0.1, 0.15) is 37.4 Å². The van der Waals surface area contributed by atoms with Gasteiger partial charge < -0.3 is 13.5 Å². The summed E-state index contributed by atoms with van der Waals surface area (Å²) >= 11 is 0. The minimum atomic E-state index is -1.89. The van der Waals surface area contributed by atoms with Crippen LogP contribution >= 0.6 is 0 Å². The van der Waals surface area contributed by atoms with Crippen molar-refractivity contribution in [2.75, 3.05) is 28.2 Å². The Morgan fingerprint density at radius 1 is 1.14 bits per heavy atom. The standard InChI is InChI=1S/C17H27N2OSi/c1-17(2,3)19(6,7)21(20)16-12-15(18(4)5)13-10-8-9-11-14(13)16/h8-12,16H,1-7H3/q+1. The van der Waals surface area contributed by atoms with Crippen LogP contribution in [-0.2, 0) is 4.46 Å². The van der Waals surface area contributed by atoms with Gasteiger partial charge in [-0.25, -0.2) is 0 Å². The van der Waals surface area contributed by atoms with E-state index in [-0.39, 0.29) is 11.1 Å². The molecule has 1 aliphatic carbocycles. The Balaban J connectivity index is 2.49. The molecule has 0 heterocycles. The van der Waals surface area contributed by atoms with Gasteiger partial charge in [0.1, 0.15) is 5.54 Å². The van der Waals surface area contributed by atoms with Crippen LogP contribution in [0.25, 0.3) is 5.70 Å². The van der Waals surface area contributed by atoms with E-state index in [0.29, 0.717) is 4.15 Å². The van der Waals surface area contributed by atoms with Crippen molar-refractivity contribution in [2.24, 2.45) is 0 Å². The number of allylic oxidation sites excluding steroid dienone is 1. The molecule has 0 radical (unpaired) electrons. The fourth-order valence-corrected chi connectivity index (χ4v) is 4.79. The Labute approximate surface area is 130 Å². The Hall–Kier alpha value is -1.26. The molecule has 0 aliphatic heterocycles. The normalized spacial score (nSPS) is 18.2. The van der Waals surface area contributed by atoms with Crippen molar-refractivity contribution in [3.05, 3.63) is 41.5 Å². The molecule has 0 amide bonds. The first-order valence-corrected chi connectivity index (χ1v) is 8.87. The Morgan fingerprint density at radius 2 is 1.71 bits per heavy atom. The lowest BCUT2D eigenvalue weighted by molar-refractivity contribution is -0.838. The summed E-state index contributed by atoms with van der Waals surface area (Å²) in [7, 11) is 6.38. The Kier molecular flexibility index (Phi) is 3.97. The second kappa shape index (κ2) is 5.18. The van der Waals surface area contributed by atoms with Crippen molar-refractivity contribution in [1.82, 2.24) is 4.90 Å². The van der Waals surface area contributed by atoms with Gasteiger partial charge in [-0.15, -0.1) is 0 Å². The lowest BCUT2D eigenvalue weighted by atomic mass is 10.1. The molecule has 0 fully saturated rings. The molecule has 0 saturated carbocycles. The number of quaternary nitrogens is 1. The van der Waals surface area contributed by atoms with Crippen molar-refractivity contribution in [2.45, 2.75) is 31.9 Å². The van der Waals surface area contributed by atoms with Crippen LogP contribution in [0.5, 0.6) is 0 Å². The highest BCUT2D eigenvalue weighted by Gasteiger charge is 2.47. The van der Waals surface area contributed by atoms with E-state index in [1.165, 1.54) is 16.8 Å². The minimum Gasteiger partial charge on any atom is -0.377 e. The monoisotopic (exact) mass is 303 g/mol. The predicted octanol–water partition coefficient (Wildman–Crippen LogP) is 3.02. The highest BCUT2D eigenvalue weighted by Crippen LogP contribution is 2.39. The highest BCUT2D eigenvalue weighted by atomic mass is 28.3. The summed E-state index contributed by atoms with van der Waals surface area (Å²) in [5.74, 6) is 0. The van der Waals surface area contributed by atoms with Gasteiger partial charge in [-0.2, -0.15) is 0 Å². The van der Waals surface area contributed by atoms with Gasteiger partial charge in [-0.1, -0.05) is 24.3 Å². The van der Waals surface area contributed by atoms with Crippen LogP contribution in [-0.4, -0.2) is 51.6 Å². The van der Waals surface area contributed by atoms with Gasteiger partial charge in [0, 0.05) is 25.4 Å². The molecule has 1 aromatic carbocycles. The van der Waals surface area contributed by atoms with Gasteiger partial charge in [-0.05, 0) is 32.4 Å². The molecule has 3 nitrogen and oxygen atoms in total. The molecule has 21 heavy (non-hydrogen) atoms. The smallest absolute Gasteiger partial charge is 0.377 e. The second-order valence-electron chi connectivity index (χ2n) is 7.47. The van der Waals surface area contributed by atoms with E-state index in [2.05, 4.69) is 64.0 Å². The van der Waals surface area contributed by atoms with Crippen molar-refractivity contribution in [3.63, 3.8) is 0 Å². The molecule has 1 aromatic rings. The van der Waals surface area contributed by atoms with Crippen LogP contribution in [0.15, 0.2) is 30.3 Å². The second-order valence-corrected chi connectivity index (χ2v) is 9.89. The van der Waals surface area contributed by atoms with E-state index in [4.69, 9.17) is 0 Å². The molecule has 0 bridgehead atoms. The third-order valence-corrected chi connectivity index (χ3v) is 7.65. The molecule has 1 aliphatic rings. The molecule has 1 atom stereocenters. The predicted molar refractivity (Wildman–Crippen MR) is 89.1 cm³/mol. The maximum atomic E-state index is 13.3. The zero-order valence-corrected chi connectivity index (χ0v) is 15.3. The van der Waals surface area contributed by atoms with E-state index < -0.39 is 8.84 Å². The lowest BCUT2D eigenvalue weighted by Gasteiger charge is -2.41. The third-order valence-electron chi connectivity index (χ3n) is 4.87. The van der Waals surface area contributed by atoms with E-state index in [0.717, 1.165) is 0 Å². The zero-order valence-electron chi connectivity index (χ0n) is 14.3. The topological polar surface area (TPSA) is 20.3 Å². The number of hydrogen-bond donors (Lipinski definition) is 0. The fourth-order valence-electron chi connectivity index (χ4n) is 2.61. The van der Waals surface area contributed by atoms with Crippen LogP contribution in [0.3, 0.4) is 0 Å². The van der Waals surface area contributed by atoms with Crippen LogP contribution in [0.4, 0.5) is 0 Å². The molecule has 1 unspecified atom stereocenters. The SMILES string of the molecule is CN(C)C1=CC([Si](=O)[N+](C)(C)C(C)(C)C)c2ccccc21. The first-order chi connectivity index (χ1) is 9.57. The fraction of sp³-hybridized carbons (Fsp3) is 0.529. The van der Waals surface area contributed by atoms with Crippen molar-refractivity contribution in [3.8, 4) is 0 Å². The van der Waals surface area contributed by atoms with Gasteiger partial charge in [0.15, 0.2) is 0 Å². The molecule has 0 aromatic heterocycles. The minimum absolute atomic E-state index is 0.0258. The van der Waals surface area contributed by atoms with Gasteiger partial charge in [0.25, 0.3) is 0 Å². The lowest BCUT2D eigenvalue weighted by Crippen LogP contribution is -2.60. The Bertz CT molecular complexity index is 597. The molecule has 4 heteroatoms. The number of hydrogen-bond acceptors (Lipinski definition) is 2. The zero-order chi connectivity index (χ0) is 16.0. The maximum Gasteiger partial charge on any atom is 0.565 e. The molecule has 0 N–H and O–H groups in total. The van der Waals surface area contributed by atoms with E-state index in [1.54, 1.807) is 0 Å². The first-order valence-electron chi connectivity index (χ1n) is 7.44. The first kappa shape index (κ1) is 16.1. The summed E-state index contributed by atoms with van der Waals surface area (Å²) in [5, 5.41) is 0. The summed E-state index contributed by atoms with van der Waals surface area (Å²) in [6.07, 6.45) is 2.19. The molecule has 114 valence electrons. The van der Waals surface area contributed by atoms with E-state index in [9.17, 15) is 4.46 Å². The number of fused-ring (bicyclic) bond motifs is 1. The Morgan fingerprint density at radius 3 is 2.24 bits per heavy atom. The molecular formula is C17H27N2OSi+. The molecular weight excluding hydrogens is 276 g/mol. The molecule has 2 rings (SSSR count). The quantitative estimate of drug-likeness (QED) is 0.800. The molecule has 0 saturated heterocycles. The number of benzene rings is 1. The van der Waals surface area contributed by atoms with Crippen molar-refractivity contribution >= 4 is 14.5 Å². The van der Waals surface area contributed by atoms with Crippen molar-refractivity contribution in [1.29, 1.82) is 0 Å². The van der Waals surface area contributed by atoms with Crippen LogP contribution in [0.2, 0.25) is 0 Å². The average molecular weight is 304 g/mol. The molecule has 0 spiro atoms. The van der Waals surface area contributed by atoms with Crippen LogP contribution < -0.4 is 0 Å². The average Bonchev–Trinajstić information content (AvgIpc) is 2.76. The third kappa shape index (κ3) is 2.62. The number of rotatable bonds is 3. The summed E-state index contributed by atoms with van der Waals surface area (Å²) in [6, 6.07) is 8.36. The van der Waals surface area contributed by atoms with Gasteiger partial charge >= 0.3 is 8.84 Å². The van der Waals surface area contributed by atoms with E-state index in [1.807, 2.05) is 20.2 Å². The summed E-state index contributed by atoms with van der Waals surface area (Å²) < 4.78 is 13.9. The largest absolute Gasteiger partial charge is 0.565 e. The number of nitrogens with zero attached hydrogens (tertiary/aromatic N) is 2. The maximum absolute atomic E-state index is 13.3.